The summed E-state index contributed by atoms with van der Waals surface area (Å²) in [5.41, 5.74) is 4.61. The highest BCUT2D eigenvalue weighted by atomic mass is 16.5. The number of piperidine rings is 1. The Balaban J connectivity index is 1.36. The van der Waals surface area contributed by atoms with Crippen LogP contribution in [0.15, 0.2) is 54.7 Å². The molecule has 0 saturated carbocycles. The first-order valence-electron chi connectivity index (χ1n) is 16.5. The summed E-state index contributed by atoms with van der Waals surface area (Å²) in [5.74, 6) is 1.99. The van der Waals surface area contributed by atoms with E-state index in [9.17, 15) is 4.79 Å². The van der Waals surface area contributed by atoms with Crippen LogP contribution in [0.1, 0.15) is 60.6 Å². The van der Waals surface area contributed by atoms with Crippen molar-refractivity contribution in [2.24, 2.45) is 0 Å². The molecule has 11 heteroatoms. The van der Waals surface area contributed by atoms with Gasteiger partial charge < -0.3 is 34.1 Å². The summed E-state index contributed by atoms with van der Waals surface area (Å²) in [4.78, 5) is 31.6. The van der Waals surface area contributed by atoms with Crippen LogP contribution in [0, 0.1) is 0 Å². The molecule has 1 aliphatic rings. The van der Waals surface area contributed by atoms with E-state index in [2.05, 4.69) is 46.4 Å². The van der Waals surface area contributed by atoms with E-state index in [1.807, 2.05) is 37.2 Å². The van der Waals surface area contributed by atoms with E-state index in [4.69, 9.17) is 28.9 Å². The third-order valence-electron chi connectivity index (χ3n) is 9.06. The van der Waals surface area contributed by atoms with Gasteiger partial charge in [0.2, 0.25) is 11.7 Å². The van der Waals surface area contributed by atoms with Crippen molar-refractivity contribution in [1.82, 2.24) is 24.8 Å². The van der Waals surface area contributed by atoms with Crippen LogP contribution < -0.4 is 19.5 Å². The highest BCUT2D eigenvalue weighted by Gasteiger charge is 2.37. The van der Waals surface area contributed by atoms with Crippen molar-refractivity contribution in [3.63, 3.8) is 0 Å². The second-order valence-electron chi connectivity index (χ2n) is 11.8. The second-order valence-corrected chi connectivity index (χ2v) is 11.8. The van der Waals surface area contributed by atoms with Crippen LogP contribution in [0.4, 0.5) is 5.95 Å². The van der Waals surface area contributed by atoms with Crippen LogP contribution in [-0.2, 0) is 11.2 Å². The number of likely N-dealkylation sites (tertiary alicyclic amines) is 1. The van der Waals surface area contributed by atoms with Crippen molar-refractivity contribution in [2.75, 3.05) is 60.0 Å². The molecule has 0 bridgehead atoms. The van der Waals surface area contributed by atoms with Gasteiger partial charge in [-0.05, 0) is 68.5 Å². The number of fused-ring (bicyclic) bond motifs is 1. The van der Waals surface area contributed by atoms with E-state index in [1.54, 1.807) is 33.5 Å². The van der Waals surface area contributed by atoms with Crippen molar-refractivity contribution < 1.29 is 23.7 Å². The Hall–Kier alpha value is -4.35. The SMILES string of the molecule is CCOCCc1cccc2[nH]c(NC3CCN(C(C(CC)c4ccccn4)N(C)C(=O)c4cc(OC)c(OC)c(OC)c4)CC3)nc12. The number of nitrogens with zero attached hydrogens (tertiary/aromatic N) is 4. The first-order chi connectivity index (χ1) is 22.9. The molecule has 3 heterocycles. The number of H-pyrrole nitrogens is 1. The van der Waals surface area contributed by atoms with Crippen molar-refractivity contribution in [3.05, 3.63) is 71.5 Å². The molecule has 4 aromatic rings. The zero-order chi connectivity index (χ0) is 33.3. The molecule has 47 heavy (non-hydrogen) atoms. The number of pyridine rings is 1. The molecule has 2 unspecified atom stereocenters. The maximum absolute atomic E-state index is 14.2. The van der Waals surface area contributed by atoms with Crippen LogP contribution in [0.3, 0.4) is 0 Å². The van der Waals surface area contributed by atoms with Gasteiger partial charge in [-0.25, -0.2) is 4.98 Å². The molecule has 252 valence electrons. The molecule has 11 nitrogen and oxygen atoms in total. The summed E-state index contributed by atoms with van der Waals surface area (Å²) in [6, 6.07) is 15.9. The minimum atomic E-state index is -0.221. The van der Waals surface area contributed by atoms with Gasteiger partial charge in [-0.1, -0.05) is 25.1 Å². The van der Waals surface area contributed by atoms with Gasteiger partial charge in [0.05, 0.1) is 45.1 Å². The Labute approximate surface area is 277 Å². The lowest BCUT2D eigenvalue weighted by Crippen LogP contribution is -2.55. The molecule has 5 rings (SSSR count). The van der Waals surface area contributed by atoms with Gasteiger partial charge >= 0.3 is 0 Å². The zero-order valence-electron chi connectivity index (χ0n) is 28.4. The molecule has 1 amide bonds. The smallest absolute Gasteiger partial charge is 0.255 e. The number of hydrogen-bond acceptors (Lipinski definition) is 9. The van der Waals surface area contributed by atoms with Gasteiger partial charge in [-0.2, -0.15) is 0 Å². The number of hydrogen-bond donors (Lipinski definition) is 2. The number of para-hydroxylation sites is 1. The van der Waals surface area contributed by atoms with Crippen LogP contribution >= 0.6 is 0 Å². The number of ether oxygens (including phenoxy) is 4. The number of anilines is 1. The molecular weight excluding hydrogens is 596 g/mol. The quantitative estimate of drug-likeness (QED) is 0.157. The average Bonchev–Trinajstić information content (AvgIpc) is 3.53. The molecule has 1 fully saturated rings. The highest BCUT2D eigenvalue weighted by Crippen LogP contribution is 2.39. The predicted octanol–water partition coefficient (Wildman–Crippen LogP) is 5.73. The summed E-state index contributed by atoms with van der Waals surface area (Å²) < 4.78 is 22.2. The number of carbonyl (C=O) groups excluding carboxylic acids is 1. The molecule has 2 atom stereocenters. The van der Waals surface area contributed by atoms with Gasteiger partial charge in [0.25, 0.3) is 5.91 Å². The van der Waals surface area contributed by atoms with Gasteiger partial charge in [0, 0.05) is 56.2 Å². The molecule has 1 saturated heterocycles. The summed E-state index contributed by atoms with van der Waals surface area (Å²) >= 11 is 0. The number of methoxy groups -OCH3 is 3. The lowest BCUT2D eigenvalue weighted by molar-refractivity contribution is 0.0194. The molecular formula is C36H48N6O5. The Morgan fingerprint density at radius 1 is 1.04 bits per heavy atom. The number of likely N-dealkylation sites (N-methyl/N-ethyl adjacent to an activating group) is 1. The van der Waals surface area contributed by atoms with Crippen molar-refractivity contribution in [1.29, 1.82) is 0 Å². The molecule has 0 aliphatic carbocycles. The number of amides is 1. The van der Waals surface area contributed by atoms with Crippen molar-refractivity contribution in [2.45, 2.75) is 57.7 Å². The normalized spacial score (nSPS) is 15.3. The largest absolute Gasteiger partial charge is 0.493 e. The molecule has 2 aromatic heterocycles. The summed E-state index contributed by atoms with van der Waals surface area (Å²) in [6.07, 6.45) is 5.04. The lowest BCUT2D eigenvalue weighted by Gasteiger charge is -2.45. The Morgan fingerprint density at radius 2 is 1.79 bits per heavy atom. The molecule has 1 aliphatic heterocycles. The topological polar surface area (TPSA) is 114 Å². The van der Waals surface area contributed by atoms with Crippen molar-refractivity contribution in [3.8, 4) is 17.2 Å². The van der Waals surface area contributed by atoms with Crippen LogP contribution in [0.5, 0.6) is 17.2 Å². The van der Waals surface area contributed by atoms with Gasteiger partial charge in [-0.3, -0.25) is 14.7 Å². The van der Waals surface area contributed by atoms with E-state index in [0.717, 1.165) is 61.4 Å². The first-order valence-corrected chi connectivity index (χ1v) is 16.5. The van der Waals surface area contributed by atoms with E-state index in [0.29, 0.717) is 36.0 Å². The molecule has 0 radical (unpaired) electrons. The van der Waals surface area contributed by atoms with Crippen LogP contribution in [0.25, 0.3) is 11.0 Å². The minimum Gasteiger partial charge on any atom is -0.493 e. The molecule has 2 N–H and O–H groups in total. The van der Waals surface area contributed by atoms with Gasteiger partial charge in [0.1, 0.15) is 0 Å². The van der Waals surface area contributed by atoms with E-state index >= 15 is 0 Å². The number of benzene rings is 2. The standard InChI is InChI=1S/C36H48N6O5/c1-7-27(28-13-9-10-18-37-28)34(41(3)35(43)25-22-30(44-4)33(46-6)31(23-25)45-5)42-19-15-26(16-20-42)38-36-39-29-14-11-12-24(32(29)40-36)17-21-47-8-2/h9-14,18,22-23,26-27,34H,7-8,15-17,19-21H2,1-6H3,(H2,38,39,40). The maximum atomic E-state index is 14.2. The molecule has 2 aromatic carbocycles. The highest BCUT2D eigenvalue weighted by molar-refractivity contribution is 5.95. The fraction of sp³-hybridized carbons (Fsp3) is 0.472. The fourth-order valence-corrected chi connectivity index (χ4v) is 6.66. The zero-order valence-corrected chi connectivity index (χ0v) is 28.4. The Kier molecular flexibility index (Phi) is 11.6. The van der Waals surface area contributed by atoms with Crippen molar-refractivity contribution >= 4 is 22.9 Å². The first kappa shape index (κ1) is 34.0. The third-order valence-corrected chi connectivity index (χ3v) is 9.06. The van der Waals surface area contributed by atoms with Gasteiger partial charge in [-0.15, -0.1) is 0 Å². The fourth-order valence-electron chi connectivity index (χ4n) is 6.66. The second kappa shape index (κ2) is 16.0. The number of rotatable bonds is 15. The summed E-state index contributed by atoms with van der Waals surface area (Å²) in [5, 5.41) is 3.66. The van der Waals surface area contributed by atoms with Crippen LogP contribution in [-0.4, -0.2) is 97.5 Å². The summed E-state index contributed by atoms with van der Waals surface area (Å²) in [6.45, 7) is 7.16. The van der Waals surface area contributed by atoms with Crippen LogP contribution in [0.2, 0.25) is 0 Å². The van der Waals surface area contributed by atoms with Gasteiger partial charge in [0.15, 0.2) is 11.5 Å². The third kappa shape index (κ3) is 7.63. The lowest BCUT2D eigenvalue weighted by atomic mass is 9.93. The Bertz CT molecular complexity index is 1580. The maximum Gasteiger partial charge on any atom is 0.255 e. The average molecular weight is 645 g/mol. The summed E-state index contributed by atoms with van der Waals surface area (Å²) in [7, 11) is 6.54. The molecule has 0 spiro atoms. The number of imidazole rings is 1. The minimum absolute atomic E-state index is 0.00202. The van der Waals surface area contributed by atoms with E-state index < -0.39 is 0 Å². The Morgan fingerprint density at radius 3 is 2.40 bits per heavy atom. The number of aromatic nitrogens is 3. The van der Waals surface area contributed by atoms with E-state index in [1.165, 1.54) is 5.56 Å². The monoisotopic (exact) mass is 644 g/mol. The number of carbonyl (C=O) groups is 1. The van der Waals surface area contributed by atoms with E-state index in [-0.39, 0.29) is 24.0 Å². The number of aromatic amines is 1. The predicted molar refractivity (Wildman–Crippen MR) is 184 cm³/mol. The number of nitrogens with one attached hydrogen (secondary N) is 2.